The largest absolute Gasteiger partial charge is 0.484 e. The first-order chi connectivity index (χ1) is 14.6. The minimum atomic E-state index is -0.324. The molecule has 7 nitrogen and oxygen atoms in total. The van der Waals surface area contributed by atoms with Crippen molar-refractivity contribution in [3.63, 3.8) is 0 Å². The molecule has 2 N–H and O–H groups in total. The molecule has 0 spiro atoms. The van der Waals surface area contributed by atoms with Crippen molar-refractivity contribution >= 4 is 28.8 Å². The number of amides is 2. The van der Waals surface area contributed by atoms with Crippen molar-refractivity contribution in [3.05, 3.63) is 90.4 Å². The van der Waals surface area contributed by atoms with E-state index in [-0.39, 0.29) is 18.4 Å². The predicted octanol–water partition coefficient (Wildman–Crippen LogP) is 3.91. The quantitative estimate of drug-likeness (QED) is 0.514. The second kappa shape index (κ2) is 8.48. The highest BCUT2D eigenvalue weighted by atomic mass is 16.5. The third kappa shape index (κ3) is 4.64. The van der Waals surface area contributed by atoms with Gasteiger partial charge in [-0.3, -0.25) is 9.59 Å². The van der Waals surface area contributed by atoms with Gasteiger partial charge in [-0.25, -0.2) is 4.98 Å². The molecular weight excluding hydrogens is 380 g/mol. The van der Waals surface area contributed by atoms with Crippen molar-refractivity contribution in [3.8, 4) is 5.75 Å². The second-order valence-electron chi connectivity index (χ2n) is 6.78. The van der Waals surface area contributed by atoms with Crippen LogP contribution in [-0.2, 0) is 4.79 Å². The number of rotatable bonds is 6. The molecule has 150 valence electrons. The zero-order chi connectivity index (χ0) is 20.9. The number of carbonyl (C=O) groups excluding carboxylic acids is 2. The van der Waals surface area contributed by atoms with Gasteiger partial charge >= 0.3 is 0 Å². The van der Waals surface area contributed by atoms with Crippen LogP contribution in [0.2, 0.25) is 0 Å². The number of imidazole rings is 1. The first-order valence-corrected chi connectivity index (χ1v) is 9.41. The molecule has 2 heterocycles. The smallest absolute Gasteiger partial charge is 0.275 e. The van der Waals surface area contributed by atoms with Crippen LogP contribution in [0, 0.1) is 6.92 Å². The second-order valence-corrected chi connectivity index (χ2v) is 6.78. The summed E-state index contributed by atoms with van der Waals surface area (Å²) in [6.45, 7) is 1.83. The number of para-hydroxylation sites is 1. The number of nitrogens with one attached hydrogen (secondary N) is 2. The number of fused-ring (bicyclic) bond motifs is 1. The van der Waals surface area contributed by atoms with Crippen molar-refractivity contribution in [1.82, 2.24) is 9.38 Å². The average Bonchev–Trinajstić information content (AvgIpc) is 3.17. The number of aromatic nitrogens is 2. The van der Waals surface area contributed by atoms with Crippen molar-refractivity contribution in [2.45, 2.75) is 6.92 Å². The lowest BCUT2D eigenvalue weighted by molar-refractivity contribution is -0.118. The fourth-order valence-electron chi connectivity index (χ4n) is 2.92. The Hall–Kier alpha value is -4.13. The Balaban J connectivity index is 1.37. The molecule has 0 radical (unpaired) electrons. The van der Waals surface area contributed by atoms with E-state index in [1.54, 1.807) is 47.0 Å². The van der Waals surface area contributed by atoms with Gasteiger partial charge in [0.25, 0.3) is 11.8 Å². The molecule has 0 saturated carbocycles. The van der Waals surface area contributed by atoms with Gasteiger partial charge in [0, 0.05) is 29.8 Å². The summed E-state index contributed by atoms with van der Waals surface area (Å²) in [5.74, 6) is -0.118. The standard InChI is InChI=1S/C23H20N4O3/c1-16-10-11-27-14-20(26-21(27)12-16)23(29)25-18-8-5-9-19(13-18)30-15-22(28)24-17-6-3-2-4-7-17/h2-14H,15H2,1H3,(H,24,28)(H,25,29). The number of pyridine rings is 1. The zero-order valence-corrected chi connectivity index (χ0v) is 16.3. The maximum atomic E-state index is 12.6. The number of ether oxygens (including phenoxy) is 1. The number of hydrogen-bond donors (Lipinski definition) is 2. The van der Waals surface area contributed by atoms with Gasteiger partial charge in [0.05, 0.1) is 0 Å². The minimum Gasteiger partial charge on any atom is -0.484 e. The molecule has 2 aromatic carbocycles. The lowest BCUT2D eigenvalue weighted by atomic mass is 10.3. The SMILES string of the molecule is Cc1ccn2cc(C(=O)Nc3cccc(OCC(=O)Nc4ccccc4)c3)nc2c1. The average molecular weight is 400 g/mol. The van der Waals surface area contributed by atoms with E-state index in [4.69, 9.17) is 4.74 Å². The molecule has 4 aromatic rings. The van der Waals surface area contributed by atoms with Crippen LogP contribution in [0.3, 0.4) is 0 Å². The minimum absolute atomic E-state index is 0.141. The van der Waals surface area contributed by atoms with Crippen LogP contribution >= 0.6 is 0 Å². The lowest BCUT2D eigenvalue weighted by Gasteiger charge is -2.09. The first-order valence-electron chi connectivity index (χ1n) is 9.41. The Morgan fingerprint density at radius 1 is 0.967 bits per heavy atom. The summed E-state index contributed by atoms with van der Waals surface area (Å²) in [6.07, 6.45) is 3.54. The molecule has 0 saturated heterocycles. The number of aryl methyl sites for hydroxylation is 1. The number of hydrogen-bond acceptors (Lipinski definition) is 4. The van der Waals surface area contributed by atoms with Gasteiger partial charge in [-0.1, -0.05) is 24.3 Å². The van der Waals surface area contributed by atoms with Crippen LogP contribution in [0.5, 0.6) is 5.75 Å². The third-order valence-corrected chi connectivity index (χ3v) is 4.37. The van der Waals surface area contributed by atoms with Gasteiger partial charge in [0.1, 0.15) is 17.1 Å². The highest BCUT2D eigenvalue weighted by Gasteiger charge is 2.12. The number of benzene rings is 2. The summed E-state index contributed by atoms with van der Waals surface area (Å²) >= 11 is 0. The first kappa shape index (κ1) is 19.2. The van der Waals surface area contributed by atoms with Gasteiger partial charge < -0.3 is 19.8 Å². The molecule has 0 bridgehead atoms. The van der Waals surface area contributed by atoms with E-state index >= 15 is 0 Å². The molecule has 0 atom stereocenters. The van der Waals surface area contributed by atoms with Gasteiger partial charge in [-0.2, -0.15) is 0 Å². The van der Waals surface area contributed by atoms with E-state index in [1.807, 2.05) is 43.5 Å². The zero-order valence-electron chi connectivity index (χ0n) is 16.3. The molecule has 0 aliphatic carbocycles. The summed E-state index contributed by atoms with van der Waals surface area (Å²) in [4.78, 5) is 28.9. The van der Waals surface area contributed by atoms with Crippen LogP contribution < -0.4 is 15.4 Å². The predicted molar refractivity (Wildman–Crippen MR) is 115 cm³/mol. The topological polar surface area (TPSA) is 84.7 Å². The van der Waals surface area contributed by atoms with Crippen LogP contribution in [-0.4, -0.2) is 27.8 Å². The molecule has 4 rings (SSSR count). The molecule has 30 heavy (non-hydrogen) atoms. The number of carbonyl (C=O) groups is 2. The van der Waals surface area contributed by atoms with Gasteiger partial charge in [0.2, 0.25) is 0 Å². The third-order valence-electron chi connectivity index (χ3n) is 4.37. The van der Waals surface area contributed by atoms with Crippen molar-refractivity contribution < 1.29 is 14.3 Å². The normalized spacial score (nSPS) is 10.6. The van der Waals surface area contributed by atoms with E-state index in [0.717, 1.165) is 5.56 Å². The lowest BCUT2D eigenvalue weighted by Crippen LogP contribution is -2.20. The van der Waals surface area contributed by atoms with E-state index in [1.165, 1.54) is 0 Å². The molecule has 2 aromatic heterocycles. The fourth-order valence-corrected chi connectivity index (χ4v) is 2.92. The van der Waals surface area contributed by atoms with E-state index < -0.39 is 0 Å². The Morgan fingerprint density at radius 2 is 1.77 bits per heavy atom. The number of anilines is 2. The molecule has 7 heteroatoms. The Kier molecular flexibility index (Phi) is 5.43. The molecule has 0 fully saturated rings. The maximum Gasteiger partial charge on any atom is 0.275 e. The molecule has 2 amide bonds. The molecule has 0 unspecified atom stereocenters. The highest BCUT2D eigenvalue weighted by Crippen LogP contribution is 2.18. The number of nitrogens with zero attached hydrogens (tertiary/aromatic N) is 2. The van der Waals surface area contributed by atoms with Crippen LogP contribution in [0.25, 0.3) is 5.65 Å². The monoisotopic (exact) mass is 400 g/mol. The van der Waals surface area contributed by atoms with E-state index in [0.29, 0.717) is 28.5 Å². The Labute approximate surface area is 173 Å². The Bertz CT molecular complexity index is 1200. The van der Waals surface area contributed by atoms with Crippen molar-refractivity contribution in [1.29, 1.82) is 0 Å². The summed E-state index contributed by atoms with van der Waals surface area (Å²) < 4.78 is 7.34. The summed E-state index contributed by atoms with van der Waals surface area (Å²) in [5, 5.41) is 5.56. The molecule has 0 aliphatic heterocycles. The van der Waals surface area contributed by atoms with Gasteiger partial charge in [-0.05, 0) is 48.9 Å². The van der Waals surface area contributed by atoms with Crippen LogP contribution in [0.1, 0.15) is 16.1 Å². The Morgan fingerprint density at radius 3 is 2.60 bits per heavy atom. The van der Waals surface area contributed by atoms with Crippen LogP contribution in [0.15, 0.2) is 79.1 Å². The van der Waals surface area contributed by atoms with Gasteiger partial charge in [-0.15, -0.1) is 0 Å². The van der Waals surface area contributed by atoms with Crippen molar-refractivity contribution in [2.75, 3.05) is 17.2 Å². The highest BCUT2D eigenvalue weighted by molar-refractivity contribution is 6.03. The summed E-state index contributed by atoms with van der Waals surface area (Å²) in [5.41, 5.74) is 3.35. The summed E-state index contributed by atoms with van der Waals surface area (Å²) in [6, 6.07) is 19.9. The fraction of sp³-hybridized carbons (Fsp3) is 0.0870. The van der Waals surface area contributed by atoms with E-state index in [9.17, 15) is 9.59 Å². The van der Waals surface area contributed by atoms with E-state index in [2.05, 4.69) is 15.6 Å². The summed E-state index contributed by atoms with van der Waals surface area (Å²) in [7, 11) is 0. The molecule has 0 aliphatic rings. The van der Waals surface area contributed by atoms with Crippen LogP contribution in [0.4, 0.5) is 11.4 Å². The van der Waals surface area contributed by atoms with Gasteiger partial charge in [0.15, 0.2) is 6.61 Å². The van der Waals surface area contributed by atoms with Crippen molar-refractivity contribution in [2.24, 2.45) is 0 Å². The molecular formula is C23H20N4O3. The maximum absolute atomic E-state index is 12.6.